The van der Waals surface area contributed by atoms with Crippen LogP contribution in [0.15, 0.2) is 24.3 Å². The van der Waals surface area contributed by atoms with Crippen molar-refractivity contribution in [3.05, 3.63) is 35.4 Å². The second-order valence-corrected chi connectivity index (χ2v) is 8.47. The number of carbonyl (C=O) groups excluding carboxylic acids is 2. The Hall–Kier alpha value is -2.41. The summed E-state index contributed by atoms with van der Waals surface area (Å²) < 4.78 is 5.19. The fourth-order valence-corrected chi connectivity index (χ4v) is 3.57. The monoisotopic (exact) mass is 390 g/mol. The van der Waals surface area contributed by atoms with Crippen molar-refractivity contribution in [2.45, 2.75) is 58.7 Å². The molecule has 1 heterocycles. The first kappa shape index (κ1) is 21.9. The van der Waals surface area contributed by atoms with Crippen LogP contribution in [0.25, 0.3) is 0 Å². The zero-order valence-electron chi connectivity index (χ0n) is 17.1. The summed E-state index contributed by atoms with van der Waals surface area (Å²) >= 11 is 0. The Morgan fingerprint density at radius 3 is 2.43 bits per heavy atom. The van der Waals surface area contributed by atoms with Gasteiger partial charge in [0.25, 0.3) is 0 Å². The van der Waals surface area contributed by atoms with Gasteiger partial charge in [-0.05, 0) is 44.2 Å². The van der Waals surface area contributed by atoms with Gasteiger partial charge in [-0.15, -0.1) is 0 Å². The second kappa shape index (κ2) is 8.73. The van der Waals surface area contributed by atoms with Crippen molar-refractivity contribution >= 4 is 17.8 Å². The Balaban J connectivity index is 2.30. The minimum Gasteiger partial charge on any atom is -0.480 e. The largest absolute Gasteiger partial charge is 0.480 e. The van der Waals surface area contributed by atoms with E-state index in [-0.39, 0.29) is 11.7 Å². The van der Waals surface area contributed by atoms with Gasteiger partial charge in [-0.25, -0.2) is 9.59 Å². The van der Waals surface area contributed by atoms with Gasteiger partial charge in [0, 0.05) is 6.54 Å². The number of ketones is 1. The molecule has 1 aromatic rings. The second-order valence-electron chi connectivity index (χ2n) is 8.47. The molecule has 1 aromatic carbocycles. The summed E-state index contributed by atoms with van der Waals surface area (Å²) in [4.78, 5) is 37.5. The van der Waals surface area contributed by atoms with Gasteiger partial charge in [0.15, 0.2) is 5.78 Å². The van der Waals surface area contributed by atoms with E-state index in [1.807, 2.05) is 24.3 Å². The maximum atomic E-state index is 13.4. The van der Waals surface area contributed by atoms with E-state index in [9.17, 15) is 19.5 Å². The van der Waals surface area contributed by atoms with Gasteiger partial charge < -0.3 is 20.5 Å². The van der Waals surface area contributed by atoms with Gasteiger partial charge in [0.05, 0.1) is 12.0 Å². The van der Waals surface area contributed by atoms with E-state index in [2.05, 4.69) is 10.6 Å². The summed E-state index contributed by atoms with van der Waals surface area (Å²) in [6.45, 7) is 9.27. The third kappa shape index (κ3) is 5.32. The molecule has 2 rings (SSSR count). The van der Waals surface area contributed by atoms with Crippen LogP contribution in [0.3, 0.4) is 0 Å². The van der Waals surface area contributed by atoms with E-state index >= 15 is 0 Å². The van der Waals surface area contributed by atoms with E-state index < -0.39 is 35.7 Å². The summed E-state index contributed by atoms with van der Waals surface area (Å²) in [6.07, 6.45) is -0.0412. The molecule has 0 spiro atoms. The molecule has 2 unspecified atom stereocenters. The Bertz CT molecular complexity index is 739. The number of rotatable bonds is 6. The first-order valence-electron chi connectivity index (χ1n) is 9.58. The highest BCUT2D eigenvalue weighted by Gasteiger charge is 2.42. The molecule has 28 heavy (non-hydrogen) atoms. The van der Waals surface area contributed by atoms with Crippen molar-refractivity contribution in [1.29, 1.82) is 0 Å². The van der Waals surface area contributed by atoms with E-state index in [0.717, 1.165) is 17.5 Å². The number of carbonyl (C=O) groups is 3. The Kier molecular flexibility index (Phi) is 6.82. The number of Topliss-reactive ketones (excluding diaryl/α,β-unsaturated/α-hetero) is 1. The summed E-state index contributed by atoms with van der Waals surface area (Å²) in [6, 6.07) is 5.69. The lowest BCUT2D eigenvalue weighted by atomic mass is 9.78. The number of ether oxygens (including phenoxy) is 1. The highest BCUT2D eigenvalue weighted by atomic mass is 16.6. The SMILES string of the molecule is CC(C)C(C(=O)C1NCCc2ccccc21)[C@H](NC(=O)OC(C)(C)C)C(=O)O. The smallest absolute Gasteiger partial charge is 0.408 e. The van der Waals surface area contributed by atoms with Gasteiger partial charge >= 0.3 is 12.1 Å². The summed E-state index contributed by atoms with van der Waals surface area (Å²) in [5.74, 6) is -2.71. The van der Waals surface area contributed by atoms with Crippen molar-refractivity contribution in [2.24, 2.45) is 11.8 Å². The van der Waals surface area contributed by atoms with E-state index in [1.165, 1.54) is 0 Å². The topological polar surface area (TPSA) is 105 Å². The lowest BCUT2D eigenvalue weighted by molar-refractivity contribution is -0.145. The fourth-order valence-electron chi connectivity index (χ4n) is 3.57. The molecule has 7 heteroatoms. The van der Waals surface area contributed by atoms with Crippen LogP contribution in [-0.4, -0.2) is 41.1 Å². The number of hydrogen-bond acceptors (Lipinski definition) is 5. The van der Waals surface area contributed by atoms with Gasteiger partial charge in [-0.1, -0.05) is 38.1 Å². The average molecular weight is 390 g/mol. The molecule has 0 radical (unpaired) electrons. The molecule has 0 saturated heterocycles. The predicted molar refractivity (Wildman–Crippen MR) is 105 cm³/mol. The van der Waals surface area contributed by atoms with E-state index in [1.54, 1.807) is 34.6 Å². The number of nitrogens with one attached hydrogen (secondary N) is 2. The minimum absolute atomic E-state index is 0.245. The minimum atomic E-state index is -1.38. The van der Waals surface area contributed by atoms with Crippen LogP contribution in [-0.2, 0) is 20.7 Å². The third-order valence-electron chi connectivity index (χ3n) is 4.74. The molecule has 1 amide bonds. The van der Waals surface area contributed by atoms with Gasteiger partial charge in [0.2, 0.25) is 0 Å². The zero-order valence-corrected chi connectivity index (χ0v) is 17.1. The molecule has 3 atom stereocenters. The number of amides is 1. The molecular weight excluding hydrogens is 360 g/mol. The van der Waals surface area contributed by atoms with E-state index in [0.29, 0.717) is 6.54 Å². The molecule has 0 bridgehead atoms. The molecule has 0 aromatic heterocycles. The molecule has 1 aliphatic rings. The number of benzene rings is 1. The van der Waals surface area contributed by atoms with Crippen LogP contribution in [0.4, 0.5) is 4.79 Å². The van der Waals surface area contributed by atoms with Crippen LogP contribution in [0.2, 0.25) is 0 Å². The Labute approximate surface area is 165 Å². The average Bonchev–Trinajstić information content (AvgIpc) is 2.58. The first-order valence-corrected chi connectivity index (χ1v) is 9.58. The van der Waals surface area contributed by atoms with Crippen LogP contribution < -0.4 is 10.6 Å². The maximum absolute atomic E-state index is 13.4. The van der Waals surface area contributed by atoms with Gasteiger partial charge in [-0.3, -0.25) is 4.79 Å². The molecule has 3 N–H and O–H groups in total. The van der Waals surface area contributed by atoms with Crippen molar-refractivity contribution < 1.29 is 24.2 Å². The van der Waals surface area contributed by atoms with Crippen molar-refractivity contribution in [3.63, 3.8) is 0 Å². The van der Waals surface area contributed by atoms with Crippen LogP contribution in [0, 0.1) is 11.8 Å². The zero-order chi connectivity index (χ0) is 21.1. The summed E-state index contributed by atoms with van der Waals surface area (Å²) in [5.41, 5.74) is 1.17. The number of carboxylic acids is 1. The third-order valence-corrected chi connectivity index (χ3v) is 4.74. The number of carboxylic acid groups (broad SMARTS) is 1. The lowest BCUT2D eigenvalue weighted by Crippen LogP contribution is -2.53. The molecule has 0 fully saturated rings. The quantitative estimate of drug-likeness (QED) is 0.690. The Morgan fingerprint density at radius 1 is 1.21 bits per heavy atom. The van der Waals surface area contributed by atoms with Crippen molar-refractivity contribution in [2.75, 3.05) is 6.54 Å². The number of hydrogen-bond donors (Lipinski definition) is 3. The highest BCUT2D eigenvalue weighted by Crippen LogP contribution is 2.30. The normalized spacial score (nSPS) is 18.7. The summed E-state index contributed by atoms with van der Waals surface area (Å²) in [5, 5.41) is 15.3. The summed E-state index contributed by atoms with van der Waals surface area (Å²) in [7, 11) is 0. The number of aliphatic carboxylic acids is 1. The van der Waals surface area contributed by atoms with Crippen molar-refractivity contribution in [1.82, 2.24) is 10.6 Å². The van der Waals surface area contributed by atoms with Crippen LogP contribution in [0.1, 0.15) is 51.8 Å². The van der Waals surface area contributed by atoms with Crippen LogP contribution >= 0.6 is 0 Å². The molecule has 154 valence electrons. The highest BCUT2D eigenvalue weighted by molar-refractivity contribution is 5.94. The Morgan fingerprint density at radius 2 is 1.86 bits per heavy atom. The molecule has 1 aliphatic heterocycles. The fraction of sp³-hybridized carbons (Fsp3) is 0.571. The standard InChI is InChI=1S/C21H30N2O5/c1-12(2)15(17(19(25)26)23-20(27)28-21(3,4)5)18(24)16-14-9-7-6-8-13(14)10-11-22-16/h6-9,12,15-17,22H,10-11H2,1-5H3,(H,23,27)(H,25,26)/t15?,16?,17-/m0/s1. The number of fused-ring (bicyclic) bond motifs is 1. The van der Waals surface area contributed by atoms with Crippen molar-refractivity contribution in [3.8, 4) is 0 Å². The number of alkyl carbamates (subject to hydrolysis) is 1. The van der Waals surface area contributed by atoms with Gasteiger partial charge in [-0.2, -0.15) is 0 Å². The molecular formula is C21H30N2O5. The van der Waals surface area contributed by atoms with Crippen LogP contribution in [0.5, 0.6) is 0 Å². The maximum Gasteiger partial charge on any atom is 0.408 e. The molecule has 0 aliphatic carbocycles. The molecule has 7 nitrogen and oxygen atoms in total. The molecule has 0 saturated carbocycles. The van der Waals surface area contributed by atoms with Gasteiger partial charge in [0.1, 0.15) is 11.6 Å². The first-order chi connectivity index (χ1) is 13.0. The van der Waals surface area contributed by atoms with E-state index in [4.69, 9.17) is 4.74 Å². The lowest BCUT2D eigenvalue weighted by Gasteiger charge is -2.33. The predicted octanol–water partition coefficient (Wildman–Crippen LogP) is 2.69.